The Hall–Kier alpha value is -1.66. The molecular formula is C28H35OZr. The van der Waals surface area contributed by atoms with Crippen molar-refractivity contribution in [2.45, 2.75) is 60.6 Å². The molecule has 0 spiro atoms. The van der Waals surface area contributed by atoms with Gasteiger partial charge in [0.15, 0.2) is 0 Å². The zero-order valence-electron chi connectivity index (χ0n) is 19.3. The predicted molar refractivity (Wildman–Crippen MR) is 125 cm³/mol. The van der Waals surface area contributed by atoms with Crippen LogP contribution in [0.1, 0.15) is 63.8 Å². The fourth-order valence-electron chi connectivity index (χ4n) is 3.63. The summed E-state index contributed by atoms with van der Waals surface area (Å²) >= 11 is -2.28. The van der Waals surface area contributed by atoms with Crippen molar-refractivity contribution in [1.29, 1.82) is 0 Å². The second-order valence-electron chi connectivity index (χ2n) is 10.2. The normalized spacial score (nSPS) is 11.9. The summed E-state index contributed by atoms with van der Waals surface area (Å²) in [6.45, 7) is 13.7. The fourth-order valence-corrected chi connectivity index (χ4v) is 8.87. The molecule has 157 valence electrons. The molecule has 3 aromatic carbocycles. The summed E-state index contributed by atoms with van der Waals surface area (Å²) in [6.07, 6.45) is 0. The summed E-state index contributed by atoms with van der Waals surface area (Å²) in [5, 5.41) is 0. The maximum absolute atomic E-state index is 7.01. The topological polar surface area (TPSA) is 9.23 Å². The van der Waals surface area contributed by atoms with Gasteiger partial charge >= 0.3 is 193 Å². The van der Waals surface area contributed by atoms with Gasteiger partial charge < -0.3 is 0 Å². The second-order valence-corrected chi connectivity index (χ2v) is 15.1. The third kappa shape index (κ3) is 6.42. The van der Waals surface area contributed by atoms with Crippen LogP contribution in [0.4, 0.5) is 0 Å². The molecular weight excluding hydrogens is 444 g/mol. The summed E-state index contributed by atoms with van der Waals surface area (Å²) in [6, 6.07) is 28.6. The first kappa shape index (κ1) is 23.0. The van der Waals surface area contributed by atoms with Crippen molar-refractivity contribution in [3.8, 4) is 5.75 Å². The molecule has 0 aliphatic heterocycles. The number of hydrogen-bond donors (Lipinski definition) is 0. The van der Waals surface area contributed by atoms with Gasteiger partial charge in [0.25, 0.3) is 0 Å². The monoisotopic (exact) mass is 477 g/mol. The summed E-state index contributed by atoms with van der Waals surface area (Å²) in [5.41, 5.74) is 5.61. The third-order valence-electron chi connectivity index (χ3n) is 5.40. The van der Waals surface area contributed by atoms with Gasteiger partial charge in [-0.2, -0.15) is 0 Å². The van der Waals surface area contributed by atoms with E-state index in [1.807, 2.05) is 0 Å². The van der Waals surface area contributed by atoms with Gasteiger partial charge in [0, 0.05) is 0 Å². The van der Waals surface area contributed by atoms with E-state index in [1.54, 1.807) is 0 Å². The Bertz CT molecular complexity index is 892. The van der Waals surface area contributed by atoms with Gasteiger partial charge in [-0.3, -0.25) is 0 Å². The molecule has 30 heavy (non-hydrogen) atoms. The van der Waals surface area contributed by atoms with Crippen LogP contribution in [0.2, 0.25) is 0 Å². The SMILES string of the molecule is CC(C)(C)c1ccc(C(C)(C)C)c([O][Zr]([CH2]c2ccccc2)[CH2]c2ccccc2)c1. The minimum absolute atomic E-state index is 0.0551. The van der Waals surface area contributed by atoms with Crippen LogP contribution >= 0.6 is 0 Å². The summed E-state index contributed by atoms with van der Waals surface area (Å²) in [4.78, 5) is 0. The van der Waals surface area contributed by atoms with Gasteiger partial charge in [-0.05, 0) is 0 Å². The van der Waals surface area contributed by atoms with Crippen molar-refractivity contribution in [1.82, 2.24) is 0 Å². The molecule has 3 aromatic rings. The summed E-state index contributed by atoms with van der Waals surface area (Å²) in [7, 11) is 0. The van der Waals surface area contributed by atoms with E-state index < -0.39 is 22.2 Å². The molecule has 0 fully saturated rings. The van der Waals surface area contributed by atoms with Crippen LogP contribution in [0.5, 0.6) is 5.75 Å². The quantitative estimate of drug-likeness (QED) is 0.354. The van der Waals surface area contributed by atoms with Crippen LogP contribution < -0.4 is 2.81 Å². The van der Waals surface area contributed by atoms with E-state index in [0.29, 0.717) is 0 Å². The van der Waals surface area contributed by atoms with E-state index in [2.05, 4.69) is 120 Å². The molecule has 2 heteroatoms. The molecule has 0 aromatic heterocycles. The number of benzene rings is 3. The first-order valence-electron chi connectivity index (χ1n) is 10.9. The van der Waals surface area contributed by atoms with Crippen molar-refractivity contribution in [2.24, 2.45) is 0 Å². The van der Waals surface area contributed by atoms with Gasteiger partial charge in [-0.25, -0.2) is 0 Å². The van der Waals surface area contributed by atoms with E-state index >= 15 is 0 Å². The summed E-state index contributed by atoms with van der Waals surface area (Å²) < 4.78 is 9.18. The Morgan fingerprint density at radius 1 is 0.633 bits per heavy atom. The average molecular weight is 479 g/mol. The first-order valence-corrected chi connectivity index (χ1v) is 15.4. The molecule has 0 aliphatic rings. The van der Waals surface area contributed by atoms with Crippen molar-refractivity contribution in [3.05, 3.63) is 101 Å². The van der Waals surface area contributed by atoms with Gasteiger partial charge in [-0.1, -0.05) is 0 Å². The van der Waals surface area contributed by atoms with Crippen LogP contribution in [0.25, 0.3) is 0 Å². The van der Waals surface area contributed by atoms with E-state index in [4.69, 9.17) is 2.81 Å². The molecule has 3 rings (SSSR count). The molecule has 1 nitrogen and oxygen atoms in total. The third-order valence-corrected chi connectivity index (χ3v) is 10.6. The van der Waals surface area contributed by atoms with Crippen LogP contribution in [0, 0.1) is 0 Å². The Morgan fingerprint density at radius 2 is 1.13 bits per heavy atom. The molecule has 0 amide bonds. The van der Waals surface area contributed by atoms with Crippen LogP contribution in [0.15, 0.2) is 78.9 Å². The molecule has 0 N–H and O–H groups in total. The zero-order valence-corrected chi connectivity index (χ0v) is 21.8. The van der Waals surface area contributed by atoms with Crippen LogP contribution in [0.3, 0.4) is 0 Å². The first-order chi connectivity index (χ1) is 14.1. The second kappa shape index (κ2) is 9.65. The van der Waals surface area contributed by atoms with Crippen molar-refractivity contribution < 1.29 is 25.0 Å². The van der Waals surface area contributed by atoms with Crippen molar-refractivity contribution >= 4 is 0 Å². The molecule has 0 aliphatic carbocycles. The van der Waals surface area contributed by atoms with Crippen LogP contribution in [-0.2, 0) is 41.3 Å². The van der Waals surface area contributed by atoms with Gasteiger partial charge in [0.2, 0.25) is 0 Å². The van der Waals surface area contributed by atoms with E-state index in [9.17, 15) is 0 Å². The zero-order chi connectivity index (χ0) is 21.8. The molecule has 0 radical (unpaired) electrons. The number of rotatable bonds is 6. The van der Waals surface area contributed by atoms with Gasteiger partial charge in [0.1, 0.15) is 0 Å². The predicted octanol–water partition coefficient (Wildman–Crippen LogP) is 7.59. The van der Waals surface area contributed by atoms with Gasteiger partial charge in [-0.15, -0.1) is 0 Å². The maximum atomic E-state index is 7.01. The standard InChI is InChI=1S/C14H22O.2C7H7.Zr/c1-13(2,3)10-7-8-11(12(15)9-10)14(4,5)6;2*1-7-5-3-2-4-6-7;/h7-9,15H,1-6H3;2*2-6H,1H2;/q;;;+1/p-1. The Morgan fingerprint density at radius 3 is 1.57 bits per heavy atom. The van der Waals surface area contributed by atoms with Crippen molar-refractivity contribution in [3.63, 3.8) is 0 Å². The molecule has 0 heterocycles. The molecule has 0 saturated heterocycles. The molecule has 0 atom stereocenters. The molecule has 0 unspecified atom stereocenters. The van der Waals surface area contributed by atoms with Crippen molar-refractivity contribution in [2.75, 3.05) is 0 Å². The Kier molecular flexibility index (Phi) is 7.40. The molecule has 0 bridgehead atoms. The number of hydrogen-bond acceptors (Lipinski definition) is 1. The Labute approximate surface area is 191 Å². The fraction of sp³-hybridized carbons (Fsp3) is 0.357. The van der Waals surface area contributed by atoms with E-state index in [-0.39, 0.29) is 10.8 Å². The molecule has 0 saturated carbocycles. The van der Waals surface area contributed by atoms with E-state index in [0.717, 1.165) is 14.0 Å². The average Bonchev–Trinajstić information content (AvgIpc) is 2.68. The van der Waals surface area contributed by atoms with Crippen LogP contribution in [-0.4, -0.2) is 0 Å². The Balaban J connectivity index is 1.97. The van der Waals surface area contributed by atoms with E-state index in [1.165, 1.54) is 22.3 Å². The van der Waals surface area contributed by atoms with Gasteiger partial charge in [0.05, 0.1) is 0 Å². The minimum atomic E-state index is -2.28. The summed E-state index contributed by atoms with van der Waals surface area (Å²) in [5.74, 6) is 1.11.